The third-order valence-corrected chi connectivity index (χ3v) is 6.11. The highest BCUT2D eigenvalue weighted by Gasteiger charge is 2.29. The van der Waals surface area contributed by atoms with Crippen LogP contribution in [0.2, 0.25) is 0 Å². The van der Waals surface area contributed by atoms with E-state index >= 15 is 0 Å². The Labute approximate surface area is 207 Å². The lowest BCUT2D eigenvalue weighted by Gasteiger charge is -2.40. The second kappa shape index (κ2) is 11.8. The summed E-state index contributed by atoms with van der Waals surface area (Å²) in [6, 6.07) is 24.7. The van der Waals surface area contributed by atoms with Crippen molar-refractivity contribution in [2.75, 3.05) is 47.5 Å². The lowest BCUT2D eigenvalue weighted by atomic mass is 9.96. The molecule has 0 spiro atoms. The van der Waals surface area contributed by atoms with Gasteiger partial charge in [0.1, 0.15) is 0 Å². The zero-order valence-corrected chi connectivity index (χ0v) is 20.6. The van der Waals surface area contributed by atoms with Gasteiger partial charge in [-0.25, -0.2) is 0 Å². The number of piperazine rings is 1. The largest absolute Gasteiger partial charge is 0.493 e. The molecule has 1 aliphatic rings. The fourth-order valence-electron chi connectivity index (χ4n) is 4.46. The summed E-state index contributed by atoms with van der Waals surface area (Å²) in [6.07, 6.45) is 0. The van der Waals surface area contributed by atoms with Crippen LogP contribution in [0.1, 0.15) is 27.5 Å². The number of nitrogens with zero attached hydrogens (tertiary/aromatic N) is 2. The van der Waals surface area contributed by atoms with Gasteiger partial charge in [0.2, 0.25) is 5.75 Å². The van der Waals surface area contributed by atoms with E-state index in [1.165, 1.54) is 11.1 Å². The maximum absolute atomic E-state index is 13.3. The number of ether oxygens (including phenoxy) is 3. The molecule has 1 aliphatic heterocycles. The third-order valence-electron chi connectivity index (χ3n) is 6.11. The van der Waals surface area contributed by atoms with E-state index in [4.69, 9.17) is 14.2 Å². The van der Waals surface area contributed by atoms with Gasteiger partial charge in [0, 0.05) is 31.7 Å². The highest BCUT2D eigenvalue weighted by atomic mass is 35.5. The monoisotopic (exact) mass is 482 g/mol. The minimum absolute atomic E-state index is 0. The number of carbonyl (C=O) groups is 1. The van der Waals surface area contributed by atoms with E-state index in [0.717, 1.165) is 13.1 Å². The van der Waals surface area contributed by atoms with Crippen molar-refractivity contribution in [1.29, 1.82) is 0 Å². The second-order valence-electron chi connectivity index (χ2n) is 7.97. The Morgan fingerprint density at radius 3 is 1.62 bits per heavy atom. The summed E-state index contributed by atoms with van der Waals surface area (Å²) < 4.78 is 16.2. The number of hydrogen-bond acceptors (Lipinski definition) is 5. The molecule has 34 heavy (non-hydrogen) atoms. The number of carbonyl (C=O) groups excluding carboxylic acids is 1. The maximum Gasteiger partial charge on any atom is 0.254 e. The quantitative estimate of drug-likeness (QED) is 0.489. The van der Waals surface area contributed by atoms with Crippen LogP contribution < -0.4 is 14.2 Å². The first-order valence-corrected chi connectivity index (χ1v) is 11.1. The standard InChI is InChI=1S/C27H30N2O4.ClH/c1-31-23-18-22(19-24(32-2)26(23)33-3)27(30)29-16-14-28(15-17-29)25(20-10-6-4-7-11-20)21-12-8-5-9-13-21;/h4-13,18-19,25H,14-17H2,1-3H3;1H. The predicted molar refractivity (Wildman–Crippen MR) is 136 cm³/mol. The van der Waals surface area contributed by atoms with Gasteiger partial charge in [0.05, 0.1) is 27.4 Å². The molecule has 6 nitrogen and oxygen atoms in total. The van der Waals surface area contributed by atoms with Gasteiger partial charge < -0.3 is 19.1 Å². The molecular formula is C27H31ClN2O4. The average molecular weight is 483 g/mol. The maximum atomic E-state index is 13.3. The Hall–Kier alpha value is -3.22. The molecule has 7 heteroatoms. The zero-order valence-electron chi connectivity index (χ0n) is 19.8. The number of benzene rings is 3. The fraction of sp³-hybridized carbons (Fsp3) is 0.296. The van der Waals surface area contributed by atoms with Crippen molar-refractivity contribution in [2.24, 2.45) is 0 Å². The highest BCUT2D eigenvalue weighted by molar-refractivity contribution is 5.95. The molecule has 1 saturated heterocycles. The van der Waals surface area contributed by atoms with Crippen molar-refractivity contribution in [3.05, 3.63) is 89.5 Å². The molecule has 3 aromatic carbocycles. The Balaban J connectivity index is 0.00000324. The minimum atomic E-state index is -0.0372. The molecule has 0 aromatic heterocycles. The van der Waals surface area contributed by atoms with E-state index in [0.29, 0.717) is 35.9 Å². The molecule has 0 N–H and O–H groups in total. The minimum Gasteiger partial charge on any atom is -0.493 e. The normalized spacial score (nSPS) is 13.8. The van der Waals surface area contributed by atoms with Gasteiger partial charge in [-0.15, -0.1) is 12.4 Å². The van der Waals surface area contributed by atoms with Crippen molar-refractivity contribution < 1.29 is 19.0 Å². The molecule has 1 heterocycles. The fourth-order valence-corrected chi connectivity index (χ4v) is 4.46. The van der Waals surface area contributed by atoms with E-state index in [1.807, 2.05) is 17.0 Å². The van der Waals surface area contributed by atoms with Crippen LogP contribution in [-0.2, 0) is 0 Å². The smallest absolute Gasteiger partial charge is 0.254 e. The summed E-state index contributed by atoms with van der Waals surface area (Å²) in [5.74, 6) is 1.40. The Kier molecular flexibility index (Phi) is 8.79. The number of hydrogen-bond donors (Lipinski definition) is 0. The van der Waals surface area contributed by atoms with Crippen LogP contribution >= 0.6 is 12.4 Å². The van der Waals surface area contributed by atoms with Crippen molar-refractivity contribution in [1.82, 2.24) is 9.80 Å². The van der Waals surface area contributed by atoms with Crippen LogP contribution in [0.25, 0.3) is 0 Å². The van der Waals surface area contributed by atoms with Gasteiger partial charge in [-0.1, -0.05) is 60.7 Å². The summed E-state index contributed by atoms with van der Waals surface area (Å²) in [7, 11) is 4.66. The van der Waals surface area contributed by atoms with Crippen LogP contribution in [0.3, 0.4) is 0 Å². The summed E-state index contributed by atoms with van der Waals surface area (Å²) in [5, 5.41) is 0. The number of rotatable bonds is 7. The van der Waals surface area contributed by atoms with Crippen LogP contribution in [0, 0.1) is 0 Å². The molecule has 0 bridgehead atoms. The molecule has 0 aliphatic carbocycles. The molecule has 0 atom stereocenters. The van der Waals surface area contributed by atoms with Gasteiger partial charge in [0.15, 0.2) is 11.5 Å². The van der Waals surface area contributed by atoms with Gasteiger partial charge in [-0.05, 0) is 23.3 Å². The zero-order chi connectivity index (χ0) is 23.2. The molecule has 0 radical (unpaired) electrons. The first-order chi connectivity index (χ1) is 16.2. The first-order valence-electron chi connectivity index (χ1n) is 11.1. The number of halogens is 1. The third kappa shape index (κ3) is 5.29. The van der Waals surface area contributed by atoms with Crippen LogP contribution in [0.15, 0.2) is 72.8 Å². The second-order valence-corrected chi connectivity index (χ2v) is 7.97. The average Bonchev–Trinajstić information content (AvgIpc) is 2.89. The predicted octanol–water partition coefficient (Wildman–Crippen LogP) is 4.68. The topological polar surface area (TPSA) is 51.2 Å². The summed E-state index contributed by atoms with van der Waals surface area (Å²) >= 11 is 0. The first kappa shape index (κ1) is 25.4. The Bertz CT molecular complexity index is 1010. The summed E-state index contributed by atoms with van der Waals surface area (Å²) in [4.78, 5) is 17.6. The van der Waals surface area contributed by atoms with Crippen LogP contribution in [0.5, 0.6) is 17.2 Å². The van der Waals surface area contributed by atoms with Crippen molar-refractivity contribution in [3.8, 4) is 17.2 Å². The van der Waals surface area contributed by atoms with Crippen LogP contribution in [-0.4, -0.2) is 63.2 Å². The van der Waals surface area contributed by atoms with E-state index in [2.05, 4.69) is 53.4 Å². The SMILES string of the molecule is COc1cc(C(=O)N2CCN(C(c3ccccc3)c3ccccc3)CC2)cc(OC)c1OC.Cl. The van der Waals surface area contributed by atoms with Crippen molar-refractivity contribution in [2.45, 2.75) is 6.04 Å². The lowest BCUT2D eigenvalue weighted by molar-refractivity contribution is 0.0596. The van der Waals surface area contributed by atoms with Crippen molar-refractivity contribution >= 4 is 18.3 Å². The van der Waals surface area contributed by atoms with Gasteiger partial charge in [0.25, 0.3) is 5.91 Å². The van der Waals surface area contributed by atoms with E-state index < -0.39 is 0 Å². The Morgan fingerprint density at radius 1 is 0.735 bits per heavy atom. The van der Waals surface area contributed by atoms with Gasteiger partial charge in [-0.3, -0.25) is 9.69 Å². The van der Waals surface area contributed by atoms with E-state index in [-0.39, 0.29) is 24.4 Å². The van der Waals surface area contributed by atoms with E-state index in [9.17, 15) is 4.79 Å². The molecule has 3 aromatic rings. The summed E-state index contributed by atoms with van der Waals surface area (Å²) in [6.45, 7) is 2.85. The number of amides is 1. The van der Waals surface area contributed by atoms with E-state index in [1.54, 1.807) is 33.5 Å². The van der Waals surface area contributed by atoms with Crippen molar-refractivity contribution in [3.63, 3.8) is 0 Å². The molecule has 1 amide bonds. The lowest BCUT2D eigenvalue weighted by Crippen LogP contribution is -2.49. The number of methoxy groups -OCH3 is 3. The molecule has 1 fully saturated rings. The molecule has 0 saturated carbocycles. The molecular weight excluding hydrogens is 452 g/mol. The van der Waals surface area contributed by atoms with Crippen LogP contribution in [0.4, 0.5) is 0 Å². The molecule has 4 rings (SSSR count). The van der Waals surface area contributed by atoms with Gasteiger partial charge >= 0.3 is 0 Å². The molecule has 180 valence electrons. The van der Waals surface area contributed by atoms with Gasteiger partial charge in [-0.2, -0.15) is 0 Å². The highest BCUT2D eigenvalue weighted by Crippen LogP contribution is 2.38. The Morgan fingerprint density at radius 2 is 1.21 bits per heavy atom. The summed E-state index contributed by atoms with van der Waals surface area (Å²) in [5.41, 5.74) is 3.04. The molecule has 0 unspecified atom stereocenters.